The van der Waals surface area contributed by atoms with Gasteiger partial charge in [-0.25, -0.2) is 13.4 Å². The van der Waals surface area contributed by atoms with Crippen LogP contribution in [0.2, 0.25) is 0 Å². The second-order valence-electron chi connectivity index (χ2n) is 5.26. The minimum Gasteiger partial charge on any atom is -0.358 e. The summed E-state index contributed by atoms with van der Waals surface area (Å²) in [6.07, 6.45) is 1.54. The van der Waals surface area contributed by atoms with Crippen LogP contribution in [0.3, 0.4) is 0 Å². The van der Waals surface area contributed by atoms with Crippen molar-refractivity contribution >= 4 is 49.5 Å². The number of thiocarbonyl (C=S) groups is 1. The molecule has 0 fully saturated rings. The summed E-state index contributed by atoms with van der Waals surface area (Å²) in [5, 5.41) is 8.63. The number of nitrogens with one attached hydrogen (secondary N) is 3. The molecule has 0 saturated heterocycles. The lowest BCUT2D eigenvalue weighted by molar-refractivity contribution is 0.601. The van der Waals surface area contributed by atoms with Crippen molar-refractivity contribution in [1.82, 2.24) is 10.3 Å². The first-order valence-corrected chi connectivity index (χ1v) is 10.4. The SMILES string of the molecule is O=S(=O)(Nc1nccs1)c1ccc(NC(=S)NCc2ccccc2)cc1. The molecule has 3 N–H and O–H groups in total. The van der Waals surface area contributed by atoms with Gasteiger partial charge >= 0.3 is 0 Å². The van der Waals surface area contributed by atoms with Gasteiger partial charge < -0.3 is 10.6 Å². The summed E-state index contributed by atoms with van der Waals surface area (Å²) in [4.78, 5) is 4.07. The number of benzene rings is 2. The molecule has 26 heavy (non-hydrogen) atoms. The summed E-state index contributed by atoms with van der Waals surface area (Å²) in [6.45, 7) is 0.608. The highest BCUT2D eigenvalue weighted by Crippen LogP contribution is 2.19. The molecule has 0 saturated carbocycles. The van der Waals surface area contributed by atoms with Crippen molar-refractivity contribution in [2.45, 2.75) is 11.4 Å². The molecule has 9 heteroatoms. The third-order valence-corrected chi connectivity index (χ3v) is 5.79. The number of rotatable bonds is 6. The number of hydrogen-bond donors (Lipinski definition) is 3. The monoisotopic (exact) mass is 404 g/mol. The van der Waals surface area contributed by atoms with Crippen LogP contribution in [0, 0.1) is 0 Å². The topological polar surface area (TPSA) is 83.1 Å². The molecule has 0 atom stereocenters. The van der Waals surface area contributed by atoms with Gasteiger partial charge in [0.1, 0.15) is 0 Å². The first kappa shape index (κ1) is 18.3. The normalized spacial score (nSPS) is 10.9. The molecule has 0 bridgehead atoms. The predicted octanol–water partition coefficient (Wildman–Crippen LogP) is 3.43. The van der Waals surface area contributed by atoms with Crippen LogP contribution in [0.1, 0.15) is 5.56 Å². The average molecular weight is 405 g/mol. The van der Waals surface area contributed by atoms with Crippen molar-refractivity contribution in [2.24, 2.45) is 0 Å². The molecule has 0 radical (unpaired) electrons. The number of nitrogens with zero attached hydrogens (tertiary/aromatic N) is 1. The molecule has 1 heterocycles. The molecule has 0 aliphatic heterocycles. The Balaban J connectivity index is 1.58. The molecule has 1 aromatic heterocycles. The Hall–Kier alpha value is -2.49. The quantitative estimate of drug-likeness (QED) is 0.546. The van der Waals surface area contributed by atoms with Crippen molar-refractivity contribution < 1.29 is 8.42 Å². The maximum Gasteiger partial charge on any atom is 0.263 e. The first-order valence-electron chi connectivity index (χ1n) is 7.64. The number of anilines is 2. The highest BCUT2D eigenvalue weighted by molar-refractivity contribution is 7.93. The molecule has 134 valence electrons. The van der Waals surface area contributed by atoms with Crippen LogP contribution in [0.15, 0.2) is 71.1 Å². The van der Waals surface area contributed by atoms with Gasteiger partial charge in [-0.1, -0.05) is 30.3 Å². The Labute approximate surface area is 161 Å². The zero-order valence-corrected chi connectivity index (χ0v) is 16.0. The molecule has 3 aromatic rings. The first-order chi connectivity index (χ1) is 12.5. The molecular weight excluding hydrogens is 388 g/mol. The maximum absolute atomic E-state index is 12.3. The third kappa shape index (κ3) is 5.01. The second-order valence-corrected chi connectivity index (χ2v) is 8.25. The van der Waals surface area contributed by atoms with Crippen molar-refractivity contribution in [2.75, 3.05) is 10.0 Å². The predicted molar refractivity (Wildman–Crippen MR) is 109 cm³/mol. The van der Waals surface area contributed by atoms with Gasteiger partial charge in [0.15, 0.2) is 10.2 Å². The van der Waals surface area contributed by atoms with Gasteiger partial charge in [-0.15, -0.1) is 11.3 Å². The van der Waals surface area contributed by atoms with E-state index in [1.807, 2.05) is 30.3 Å². The molecule has 0 aliphatic carbocycles. The summed E-state index contributed by atoms with van der Waals surface area (Å²) in [6, 6.07) is 16.2. The van der Waals surface area contributed by atoms with Crippen molar-refractivity contribution in [1.29, 1.82) is 0 Å². The Morgan fingerprint density at radius 2 is 1.81 bits per heavy atom. The maximum atomic E-state index is 12.3. The fourth-order valence-electron chi connectivity index (χ4n) is 2.12. The molecule has 0 spiro atoms. The van der Waals surface area contributed by atoms with Crippen LogP contribution in [0.4, 0.5) is 10.8 Å². The Morgan fingerprint density at radius 3 is 2.46 bits per heavy atom. The number of hydrogen-bond acceptors (Lipinski definition) is 5. The van der Waals surface area contributed by atoms with E-state index < -0.39 is 10.0 Å². The molecule has 6 nitrogen and oxygen atoms in total. The third-order valence-electron chi connectivity index (χ3n) is 3.37. The van der Waals surface area contributed by atoms with Crippen molar-refractivity contribution in [3.63, 3.8) is 0 Å². The van der Waals surface area contributed by atoms with Gasteiger partial charge in [-0.2, -0.15) is 0 Å². The summed E-state index contributed by atoms with van der Waals surface area (Å²) in [7, 11) is -3.65. The molecular formula is C17H16N4O2S3. The minimum atomic E-state index is -3.65. The van der Waals surface area contributed by atoms with Crippen LogP contribution < -0.4 is 15.4 Å². The van der Waals surface area contributed by atoms with Crippen LogP contribution >= 0.6 is 23.6 Å². The smallest absolute Gasteiger partial charge is 0.263 e. The highest BCUT2D eigenvalue weighted by atomic mass is 32.2. The van der Waals surface area contributed by atoms with Crippen LogP contribution in [-0.4, -0.2) is 18.5 Å². The summed E-state index contributed by atoms with van der Waals surface area (Å²) >= 11 is 6.48. The highest BCUT2D eigenvalue weighted by Gasteiger charge is 2.15. The minimum absolute atomic E-state index is 0.154. The van der Waals surface area contributed by atoms with E-state index >= 15 is 0 Å². The number of thiazole rings is 1. The molecule has 3 rings (SSSR count). The van der Waals surface area contributed by atoms with Gasteiger partial charge in [-0.05, 0) is 42.0 Å². The fraction of sp³-hybridized carbons (Fsp3) is 0.0588. The summed E-state index contributed by atoms with van der Waals surface area (Å²) < 4.78 is 27.0. The van der Waals surface area contributed by atoms with E-state index in [9.17, 15) is 8.42 Å². The summed E-state index contributed by atoms with van der Waals surface area (Å²) in [5.74, 6) is 0. The van der Waals surface area contributed by atoms with E-state index in [4.69, 9.17) is 12.2 Å². The fourth-order valence-corrected chi connectivity index (χ4v) is 4.10. The van der Waals surface area contributed by atoms with Gasteiger partial charge in [0.25, 0.3) is 10.0 Å². The largest absolute Gasteiger partial charge is 0.358 e. The van der Waals surface area contributed by atoms with E-state index in [0.717, 1.165) is 5.56 Å². The van der Waals surface area contributed by atoms with E-state index in [2.05, 4.69) is 20.3 Å². The van der Waals surface area contributed by atoms with Gasteiger partial charge in [-0.3, -0.25) is 4.72 Å². The van der Waals surface area contributed by atoms with Gasteiger partial charge in [0.2, 0.25) is 0 Å². The van der Waals surface area contributed by atoms with E-state index in [0.29, 0.717) is 22.5 Å². The zero-order chi connectivity index (χ0) is 18.4. The van der Waals surface area contributed by atoms with Gasteiger partial charge in [0, 0.05) is 23.8 Å². The standard InChI is InChI=1S/C17H16N4O2S3/c22-26(23,21-17-18-10-11-25-17)15-8-6-14(7-9-15)20-16(24)19-12-13-4-2-1-3-5-13/h1-11H,12H2,(H,18,21)(H2,19,20,24). The number of sulfonamides is 1. The van der Waals surface area contributed by atoms with Crippen LogP contribution in [0.25, 0.3) is 0 Å². The molecule has 0 unspecified atom stereocenters. The Bertz CT molecular complexity index is 957. The molecule has 0 aliphatic rings. The van der Waals surface area contributed by atoms with Crippen molar-refractivity contribution in [3.8, 4) is 0 Å². The van der Waals surface area contributed by atoms with Crippen LogP contribution in [-0.2, 0) is 16.6 Å². The van der Waals surface area contributed by atoms with E-state index in [1.54, 1.807) is 23.7 Å². The zero-order valence-electron chi connectivity index (χ0n) is 13.5. The lowest BCUT2D eigenvalue weighted by atomic mass is 10.2. The van der Waals surface area contributed by atoms with Crippen LogP contribution in [0.5, 0.6) is 0 Å². The lowest BCUT2D eigenvalue weighted by Crippen LogP contribution is -2.27. The Morgan fingerprint density at radius 1 is 1.08 bits per heavy atom. The van der Waals surface area contributed by atoms with Gasteiger partial charge in [0.05, 0.1) is 4.90 Å². The number of aromatic nitrogens is 1. The average Bonchev–Trinajstić information content (AvgIpc) is 3.14. The Kier molecular flexibility index (Phi) is 5.82. The molecule has 0 amide bonds. The molecule has 2 aromatic carbocycles. The lowest BCUT2D eigenvalue weighted by Gasteiger charge is -2.11. The second kappa shape index (κ2) is 8.26. The van der Waals surface area contributed by atoms with E-state index in [-0.39, 0.29) is 4.90 Å². The van der Waals surface area contributed by atoms with E-state index in [1.165, 1.54) is 23.5 Å². The summed E-state index contributed by atoms with van der Waals surface area (Å²) in [5.41, 5.74) is 1.81. The van der Waals surface area contributed by atoms with Crippen molar-refractivity contribution in [3.05, 3.63) is 71.7 Å².